The zero-order chi connectivity index (χ0) is 10.7. The Morgan fingerprint density at radius 2 is 2.36 bits per heavy atom. The highest BCUT2D eigenvalue weighted by atomic mass is 32.1. The molecule has 0 aliphatic carbocycles. The Balaban J connectivity index is 2.61. The van der Waals surface area contributed by atoms with Crippen molar-refractivity contribution in [2.75, 3.05) is 12.3 Å². The fourth-order valence-electron chi connectivity index (χ4n) is 1.79. The molecule has 2 N–H and O–H groups in total. The van der Waals surface area contributed by atoms with Gasteiger partial charge in [-0.25, -0.2) is 0 Å². The van der Waals surface area contributed by atoms with Crippen molar-refractivity contribution >= 4 is 18.6 Å². The summed E-state index contributed by atoms with van der Waals surface area (Å²) in [6.07, 6.45) is 0.787. The number of carboxylic acid groups (broad SMARTS) is 1. The van der Waals surface area contributed by atoms with Crippen LogP contribution in [0.4, 0.5) is 0 Å². The molecule has 1 heterocycles. The Kier molecular flexibility index (Phi) is 4.22. The number of nitrogens with zero attached hydrogens (tertiary/aromatic N) is 1. The van der Waals surface area contributed by atoms with Gasteiger partial charge in [0.2, 0.25) is 0 Å². The van der Waals surface area contributed by atoms with E-state index in [-0.39, 0.29) is 5.92 Å². The summed E-state index contributed by atoms with van der Waals surface area (Å²) in [4.78, 5) is 12.5. The second-order valence-corrected chi connectivity index (χ2v) is 4.17. The largest absolute Gasteiger partial charge is 0.480 e. The highest BCUT2D eigenvalue weighted by Gasteiger charge is 2.36. The minimum Gasteiger partial charge on any atom is -0.480 e. The van der Waals surface area contributed by atoms with E-state index in [0.29, 0.717) is 18.7 Å². The maximum atomic E-state index is 10.9. The van der Waals surface area contributed by atoms with Gasteiger partial charge in [-0.1, -0.05) is 6.92 Å². The molecule has 1 saturated heterocycles. The molecule has 1 unspecified atom stereocenters. The first-order chi connectivity index (χ1) is 6.57. The highest BCUT2D eigenvalue weighted by Crippen LogP contribution is 2.23. The number of rotatable bonds is 4. The van der Waals surface area contributed by atoms with Crippen molar-refractivity contribution in [1.29, 1.82) is 0 Å². The van der Waals surface area contributed by atoms with Crippen LogP contribution in [0.2, 0.25) is 0 Å². The van der Waals surface area contributed by atoms with Gasteiger partial charge in [0.15, 0.2) is 0 Å². The minimum absolute atomic E-state index is 0.00159. The molecule has 3 atom stereocenters. The second-order valence-electron chi connectivity index (χ2n) is 3.81. The lowest BCUT2D eigenvalue weighted by Crippen LogP contribution is -2.46. The van der Waals surface area contributed by atoms with Crippen LogP contribution in [0.5, 0.6) is 0 Å². The topological polar surface area (TPSA) is 60.8 Å². The molecule has 0 aromatic heterocycles. The van der Waals surface area contributed by atoms with Crippen molar-refractivity contribution in [3.05, 3.63) is 0 Å². The predicted octanol–water partition coefficient (Wildman–Crippen LogP) is 0.420. The first-order valence-electron chi connectivity index (χ1n) is 4.85. The Bertz CT molecular complexity index is 212. The second kappa shape index (κ2) is 5.00. The van der Waals surface area contributed by atoms with Crippen LogP contribution in [0, 0.1) is 5.92 Å². The number of thiol groups is 1. The van der Waals surface area contributed by atoms with Crippen LogP contribution in [0.1, 0.15) is 19.8 Å². The monoisotopic (exact) mass is 219 g/mol. The number of aliphatic carboxylic acids is 1. The zero-order valence-electron chi connectivity index (χ0n) is 8.26. The van der Waals surface area contributed by atoms with Gasteiger partial charge in [-0.15, -0.1) is 0 Å². The van der Waals surface area contributed by atoms with Crippen molar-refractivity contribution in [2.24, 2.45) is 5.92 Å². The lowest BCUT2D eigenvalue weighted by molar-refractivity contribution is -0.147. The van der Waals surface area contributed by atoms with E-state index in [1.807, 2.05) is 6.92 Å². The molecule has 0 spiro atoms. The van der Waals surface area contributed by atoms with Gasteiger partial charge in [-0.2, -0.15) is 12.6 Å². The quantitative estimate of drug-likeness (QED) is 0.600. The zero-order valence-corrected chi connectivity index (χ0v) is 9.15. The summed E-state index contributed by atoms with van der Waals surface area (Å²) in [5.74, 6) is -0.282. The summed E-state index contributed by atoms with van der Waals surface area (Å²) < 4.78 is 0. The maximum Gasteiger partial charge on any atom is 0.320 e. The Morgan fingerprint density at radius 1 is 1.71 bits per heavy atom. The summed E-state index contributed by atoms with van der Waals surface area (Å²) in [6, 6.07) is -0.521. The highest BCUT2D eigenvalue weighted by molar-refractivity contribution is 7.80. The molecule has 0 saturated carbocycles. The van der Waals surface area contributed by atoms with Gasteiger partial charge in [-0.05, 0) is 18.6 Å². The molecule has 0 amide bonds. The van der Waals surface area contributed by atoms with E-state index in [9.17, 15) is 9.90 Å². The Hall–Kier alpha value is -0.260. The molecule has 0 radical (unpaired) electrons. The molecule has 1 aliphatic rings. The lowest BCUT2D eigenvalue weighted by atomic mass is 10.1. The summed E-state index contributed by atoms with van der Waals surface area (Å²) in [6.45, 7) is 2.53. The van der Waals surface area contributed by atoms with Gasteiger partial charge in [0, 0.05) is 12.5 Å². The number of aliphatic hydroxyl groups is 1. The van der Waals surface area contributed by atoms with E-state index in [0.717, 1.165) is 6.42 Å². The fourth-order valence-corrected chi connectivity index (χ4v) is 1.98. The van der Waals surface area contributed by atoms with E-state index in [4.69, 9.17) is 5.11 Å². The third-order valence-electron chi connectivity index (χ3n) is 2.72. The van der Waals surface area contributed by atoms with E-state index in [1.165, 1.54) is 0 Å². The molecule has 0 bridgehead atoms. The fraction of sp³-hybridized carbons (Fsp3) is 0.889. The van der Waals surface area contributed by atoms with Gasteiger partial charge in [-0.3, -0.25) is 9.69 Å². The molecule has 0 aromatic rings. The summed E-state index contributed by atoms with van der Waals surface area (Å²) >= 11 is 4.09. The molecular formula is C9H17NO3S. The lowest BCUT2D eigenvalue weighted by Gasteiger charge is -2.30. The van der Waals surface area contributed by atoms with E-state index in [2.05, 4.69) is 12.6 Å². The van der Waals surface area contributed by atoms with E-state index < -0.39 is 18.2 Å². The van der Waals surface area contributed by atoms with Crippen molar-refractivity contribution in [1.82, 2.24) is 4.90 Å². The minimum atomic E-state index is -0.840. The summed E-state index contributed by atoms with van der Waals surface area (Å²) in [7, 11) is 0. The number of hydrogen-bond acceptors (Lipinski definition) is 4. The van der Waals surface area contributed by atoms with Gasteiger partial charge >= 0.3 is 5.97 Å². The molecule has 1 fully saturated rings. The number of carbonyl (C=O) groups is 1. The van der Waals surface area contributed by atoms with Crippen LogP contribution in [-0.2, 0) is 4.79 Å². The van der Waals surface area contributed by atoms with Crippen LogP contribution < -0.4 is 0 Å². The smallest absolute Gasteiger partial charge is 0.320 e. The number of carboxylic acids is 1. The van der Waals surface area contributed by atoms with Gasteiger partial charge in [0.05, 0.1) is 0 Å². The number of aliphatic hydroxyl groups excluding tert-OH is 1. The molecular weight excluding hydrogens is 202 g/mol. The summed E-state index contributed by atoms with van der Waals surface area (Å²) in [5, 5.41) is 18.8. The van der Waals surface area contributed by atoms with E-state index >= 15 is 0 Å². The van der Waals surface area contributed by atoms with Crippen molar-refractivity contribution in [2.45, 2.75) is 32.0 Å². The normalized spacial score (nSPS) is 27.5. The average Bonchev–Trinajstić information content (AvgIpc) is 2.63. The van der Waals surface area contributed by atoms with Gasteiger partial charge in [0.1, 0.15) is 12.3 Å². The van der Waals surface area contributed by atoms with Crippen LogP contribution in [0.3, 0.4) is 0 Å². The maximum absolute atomic E-state index is 10.9. The molecule has 1 aliphatic heterocycles. The number of hydrogen-bond donors (Lipinski definition) is 3. The number of likely N-dealkylation sites (tertiary alicyclic amines) is 1. The van der Waals surface area contributed by atoms with Gasteiger partial charge in [0.25, 0.3) is 0 Å². The molecule has 5 heteroatoms. The first kappa shape index (κ1) is 11.8. The standard InChI is InChI=1S/C9H17NO3S/c1-6(5-14)8(11)10-4-2-3-7(10)9(12)13/h6-8,11,14H,2-5H2,1H3,(H,12,13)/t6-,7?,8+/m1/s1. The molecule has 1 rings (SSSR count). The average molecular weight is 219 g/mol. The Labute approximate surface area is 89.3 Å². The third kappa shape index (κ3) is 2.40. The van der Waals surface area contributed by atoms with E-state index in [1.54, 1.807) is 4.90 Å². The molecule has 0 aromatic carbocycles. The SMILES string of the molecule is C[C@H](CS)[C@H](O)N1CCCC1C(=O)O. The summed E-state index contributed by atoms with van der Waals surface area (Å²) in [5.41, 5.74) is 0. The van der Waals surface area contributed by atoms with Crippen molar-refractivity contribution in [3.63, 3.8) is 0 Å². The van der Waals surface area contributed by atoms with Crippen LogP contribution >= 0.6 is 12.6 Å². The molecule has 82 valence electrons. The van der Waals surface area contributed by atoms with Crippen LogP contribution in [0.15, 0.2) is 0 Å². The van der Waals surface area contributed by atoms with Crippen LogP contribution in [0.25, 0.3) is 0 Å². The van der Waals surface area contributed by atoms with Crippen molar-refractivity contribution in [3.8, 4) is 0 Å². The first-order valence-corrected chi connectivity index (χ1v) is 5.48. The Morgan fingerprint density at radius 3 is 2.86 bits per heavy atom. The third-order valence-corrected chi connectivity index (χ3v) is 3.29. The molecule has 4 nitrogen and oxygen atoms in total. The van der Waals surface area contributed by atoms with Crippen LogP contribution in [-0.4, -0.2) is 45.6 Å². The van der Waals surface area contributed by atoms with Crippen molar-refractivity contribution < 1.29 is 15.0 Å². The molecule has 14 heavy (non-hydrogen) atoms. The van der Waals surface area contributed by atoms with Gasteiger partial charge < -0.3 is 10.2 Å². The predicted molar refractivity (Wildman–Crippen MR) is 56.4 cm³/mol.